The number of carbonyl (C=O) groups is 2. The lowest BCUT2D eigenvalue weighted by atomic mass is 10.1. The minimum Gasteiger partial charge on any atom is -0.480 e. The third kappa shape index (κ3) is 3.33. The summed E-state index contributed by atoms with van der Waals surface area (Å²) < 4.78 is 10.5. The van der Waals surface area contributed by atoms with Crippen molar-refractivity contribution in [2.45, 2.75) is 25.4 Å². The highest BCUT2D eigenvalue weighted by atomic mass is 16.5. The maximum absolute atomic E-state index is 11.4. The van der Waals surface area contributed by atoms with E-state index < -0.39 is 12.0 Å². The van der Waals surface area contributed by atoms with Gasteiger partial charge in [0.1, 0.15) is 17.6 Å². The number of benzene rings is 1. The summed E-state index contributed by atoms with van der Waals surface area (Å²) in [4.78, 5) is 24.6. The van der Waals surface area contributed by atoms with Gasteiger partial charge in [-0.25, -0.2) is 4.79 Å². The van der Waals surface area contributed by atoms with Crippen molar-refractivity contribution in [2.75, 3.05) is 13.7 Å². The maximum atomic E-state index is 11.4. The first-order chi connectivity index (χ1) is 11.6. The second-order valence-electron chi connectivity index (χ2n) is 5.80. The number of carboxylic acid groups (broad SMARTS) is 1. The second-order valence-corrected chi connectivity index (χ2v) is 5.80. The van der Waals surface area contributed by atoms with Crippen LogP contribution in [0.4, 0.5) is 0 Å². The molecule has 1 aliphatic rings. The molecule has 126 valence electrons. The van der Waals surface area contributed by atoms with E-state index in [0.29, 0.717) is 24.3 Å². The number of hydrogen-bond donors (Lipinski definition) is 1. The van der Waals surface area contributed by atoms with Crippen molar-refractivity contribution in [3.8, 4) is 11.3 Å². The Hall–Kier alpha value is -2.60. The van der Waals surface area contributed by atoms with Gasteiger partial charge >= 0.3 is 11.9 Å². The van der Waals surface area contributed by atoms with Gasteiger partial charge in [0.15, 0.2) is 0 Å². The molecule has 2 aromatic rings. The van der Waals surface area contributed by atoms with Gasteiger partial charge in [0, 0.05) is 5.56 Å². The Morgan fingerprint density at radius 1 is 1.25 bits per heavy atom. The predicted octanol–water partition coefficient (Wildman–Crippen LogP) is 2.78. The van der Waals surface area contributed by atoms with E-state index in [-0.39, 0.29) is 5.97 Å². The third-order valence-corrected chi connectivity index (χ3v) is 4.26. The number of furan rings is 1. The summed E-state index contributed by atoms with van der Waals surface area (Å²) in [6, 6.07) is 10.2. The third-order valence-electron chi connectivity index (χ3n) is 4.26. The van der Waals surface area contributed by atoms with Crippen molar-refractivity contribution in [1.82, 2.24) is 4.90 Å². The number of carbonyl (C=O) groups excluding carboxylic acids is 1. The zero-order valence-electron chi connectivity index (χ0n) is 13.4. The van der Waals surface area contributed by atoms with Crippen LogP contribution in [-0.4, -0.2) is 41.6 Å². The minimum absolute atomic E-state index is 0.379. The first-order valence-electron chi connectivity index (χ1n) is 7.83. The van der Waals surface area contributed by atoms with Gasteiger partial charge in [0.25, 0.3) is 0 Å². The van der Waals surface area contributed by atoms with Crippen LogP contribution in [0.2, 0.25) is 0 Å². The molecule has 24 heavy (non-hydrogen) atoms. The van der Waals surface area contributed by atoms with Gasteiger partial charge in [-0.3, -0.25) is 9.69 Å². The number of nitrogens with zero attached hydrogens (tertiary/aromatic N) is 1. The zero-order chi connectivity index (χ0) is 17.1. The number of ether oxygens (including phenoxy) is 1. The fourth-order valence-electron chi connectivity index (χ4n) is 3.00. The normalized spacial score (nSPS) is 17.8. The Balaban J connectivity index is 1.71. The van der Waals surface area contributed by atoms with E-state index in [9.17, 15) is 14.7 Å². The molecule has 0 unspecified atom stereocenters. The van der Waals surface area contributed by atoms with Gasteiger partial charge < -0.3 is 14.3 Å². The summed E-state index contributed by atoms with van der Waals surface area (Å²) in [5.74, 6) is 0.260. The Bertz CT molecular complexity index is 734. The number of carboxylic acids is 1. The largest absolute Gasteiger partial charge is 0.480 e. The first-order valence-corrected chi connectivity index (χ1v) is 7.83. The van der Waals surface area contributed by atoms with E-state index in [1.54, 1.807) is 24.3 Å². The summed E-state index contributed by atoms with van der Waals surface area (Å²) in [7, 11) is 1.35. The molecule has 1 aromatic carbocycles. The van der Waals surface area contributed by atoms with Crippen LogP contribution in [0.5, 0.6) is 0 Å². The summed E-state index contributed by atoms with van der Waals surface area (Å²) >= 11 is 0. The van der Waals surface area contributed by atoms with E-state index in [2.05, 4.69) is 4.74 Å². The maximum Gasteiger partial charge on any atom is 0.337 e. The fraction of sp³-hybridized carbons (Fsp3) is 0.333. The molecule has 1 aromatic heterocycles. The van der Waals surface area contributed by atoms with Crippen molar-refractivity contribution in [2.24, 2.45) is 0 Å². The second kappa shape index (κ2) is 6.88. The zero-order valence-corrected chi connectivity index (χ0v) is 13.4. The summed E-state index contributed by atoms with van der Waals surface area (Å²) in [6.45, 7) is 1.25. The average Bonchev–Trinajstić information content (AvgIpc) is 3.24. The van der Waals surface area contributed by atoms with Crippen molar-refractivity contribution >= 4 is 11.9 Å². The first kappa shape index (κ1) is 16.3. The molecular formula is C18H19NO5. The number of likely N-dealkylation sites (tertiary alicyclic amines) is 1. The summed E-state index contributed by atoms with van der Waals surface area (Å²) in [5, 5.41) is 9.23. The van der Waals surface area contributed by atoms with Crippen LogP contribution in [0.15, 0.2) is 40.8 Å². The quantitative estimate of drug-likeness (QED) is 0.850. The van der Waals surface area contributed by atoms with Crippen LogP contribution < -0.4 is 0 Å². The van der Waals surface area contributed by atoms with Crippen LogP contribution >= 0.6 is 0 Å². The van der Waals surface area contributed by atoms with Gasteiger partial charge in [0.2, 0.25) is 0 Å². The van der Waals surface area contributed by atoms with Crippen molar-refractivity contribution in [1.29, 1.82) is 0 Å². The van der Waals surface area contributed by atoms with Crippen molar-refractivity contribution < 1.29 is 23.8 Å². The van der Waals surface area contributed by atoms with E-state index in [1.165, 1.54) is 7.11 Å². The molecule has 0 amide bonds. The van der Waals surface area contributed by atoms with Crippen molar-refractivity contribution in [3.05, 3.63) is 47.7 Å². The van der Waals surface area contributed by atoms with E-state index >= 15 is 0 Å². The molecule has 0 bridgehead atoms. The molecule has 0 saturated carbocycles. The van der Waals surface area contributed by atoms with E-state index in [1.807, 2.05) is 17.0 Å². The molecule has 1 fully saturated rings. The van der Waals surface area contributed by atoms with Gasteiger partial charge in [-0.05, 0) is 43.7 Å². The molecule has 6 nitrogen and oxygen atoms in total. The number of aliphatic carboxylic acids is 1. The fourth-order valence-corrected chi connectivity index (χ4v) is 3.00. The van der Waals surface area contributed by atoms with Gasteiger partial charge in [-0.1, -0.05) is 12.1 Å². The van der Waals surface area contributed by atoms with Gasteiger partial charge in [0.05, 0.1) is 19.2 Å². The van der Waals surface area contributed by atoms with Gasteiger partial charge in [-0.15, -0.1) is 0 Å². The molecule has 1 N–H and O–H groups in total. The molecule has 0 aliphatic carbocycles. The van der Waals surface area contributed by atoms with Crippen LogP contribution in [0.25, 0.3) is 11.3 Å². The summed E-state index contributed by atoms with van der Waals surface area (Å²) in [6.07, 6.45) is 1.57. The highest BCUT2D eigenvalue weighted by Crippen LogP contribution is 2.26. The van der Waals surface area contributed by atoms with Crippen LogP contribution in [0, 0.1) is 0 Å². The van der Waals surface area contributed by atoms with Crippen molar-refractivity contribution in [3.63, 3.8) is 0 Å². The molecule has 1 saturated heterocycles. The summed E-state index contributed by atoms with van der Waals surface area (Å²) in [5.41, 5.74) is 1.33. The molecule has 0 radical (unpaired) electrons. The number of hydrogen-bond acceptors (Lipinski definition) is 5. The van der Waals surface area contributed by atoms with E-state index in [0.717, 1.165) is 24.3 Å². The molecule has 6 heteroatoms. The number of methoxy groups -OCH3 is 1. The lowest BCUT2D eigenvalue weighted by molar-refractivity contribution is -0.142. The number of esters is 1. The van der Waals surface area contributed by atoms with Crippen LogP contribution in [0.1, 0.15) is 29.0 Å². The monoisotopic (exact) mass is 329 g/mol. The molecule has 1 atom stereocenters. The Labute approximate surface area is 139 Å². The topological polar surface area (TPSA) is 80.0 Å². The standard InChI is InChI=1S/C18H19NO5/c1-23-18(22)13-6-4-12(5-7-13)16-9-8-14(24-16)11-19-10-2-3-15(19)17(20)21/h4-9,15H,2-3,10-11H2,1H3,(H,20,21)/t15-/m0/s1. The smallest absolute Gasteiger partial charge is 0.337 e. The lowest BCUT2D eigenvalue weighted by Crippen LogP contribution is -2.35. The SMILES string of the molecule is COC(=O)c1ccc(-c2ccc(CN3CCC[C@H]3C(=O)O)o2)cc1. The molecule has 2 heterocycles. The van der Waals surface area contributed by atoms with E-state index in [4.69, 9.17) is 4.42 Å². The van der Waals surface area contributed by atoms with Crippen LogP contribution in [0.3, 0.4) is 0 Å². The minimum atomic E-state index is -0.780. The Morgan fingerprint density at radius 3 is 2.67 bits per heavy atom. The molecule has 0 spiro atoms. The predicted molar refractivity (Wildman–Crippen MR) is 86.6 cm³/mol. The highest BCUT2D eigenvalue weighted by molar-refractivity contribution is 5.89. The van der Waals surface area contributed by atoms with Crippen LogP contribution in [-0.2, 0) is 16.1 Å². The number of rotatable bonds is 5. The molecular weight excluding hydrogens is 310 g/mol. The Kier molecular flexibility index (Phi) is 4.66. The molecule has 1 aliphatic heterocycles. The van der Waals surface area contributed by atoms with Gasteiger partial charge in [-0.2, -0.15) is 0 Å². The highest BCUT2D eigenvalue weighted by Gasteiger charge is 2.30. The molecule has 3 rings (SSSR count). The average molecular weight is 329 g/mol. The lowest BCUT2D eigenvalue weighted by Gasteiger charge is -2.19. The Morgan fingerprint density at radius 2 is 2.00 bits per heavy atom.